The van der Waals surface area contributed by atoms with Crippen LogP contribution in [0.15, 0.2) is 134 Å². The van der Waals surface area contributed by atoms with Crippen LogP contribution in [-0.2, 0) is 42.8 Å². The lowest BCUT2D eigenvalue weighted by atomic mass is 9.76. The summed E-state index contributed by atoms with van der Waals surface area (Å²) in [6.45, 7) is 65.9. The van der Waals surface area contributed by atoms with E-state index in [2.05, 4.69) is 360 Å². The molecule has 0 unspecified atom stereocenters. The molecule has 6 heteroatoms. The fourth-order valence-corrected chi connectivity index (χ4v) is 17.5. The zero-order chi connectivity index (χ0) is 66.8. The van der Waals surface area contributed by atoms with Crippen LogP contribution in [0, 0.1) is 27.7 Å². The van der Waals surface area contributed by atoms with Crippen molar-refractivity contribution in [1.82, 2.24) is 0 Å². The Morgan fingerprint density at radius 2 is 0.629 bits per heavy atom. The van der Waals surface area contributed by atoms with Crippen LogP contribution in [0.2, 0.25) is 55.9 Å². The van der Waals surface area contributed by atoms with E-state index in [9.17, 15) is 0 Å². The highest BCUT2D eigenvalue weighted by Crippen LogP contribution is 2.40. The van der Waals surface area contributed by atoms with Gasteiger partial charge in [-0.25, -0.2) is 13.7 Å². The molecule has 0 radical (unpaired) electrons. The van der Waals surface area contributed by atoms with Crippen LogP contribution in [0.1, 0.15) is 169 Å². The van der Waals surface area contributed by atoms with Crippen molar-refractivity contribution in [1.29, 1.82) is 0 Å². The van der Waals surface area contributed by atoms with Crippen LogP contribution in [0.3, 0.4) is 0 Å². The van der Waals surface area contributed by atoms with Crippen LogP contribution in [-0.4, -0.2) is 24.2 Å². The molecule has 0 fully saturated rings. The Kier molecular flexibility index (Phi) is 20.4. The van der Waals surface area contributed by atoms with E-state index in [1.54, 1.807) is 15.6 Å². The SMILES string of the molecule is Cc1c(-c2c3ccc([Si](C)(C)C(C)C)cc3cc[n+]2C)cc(C(C)(C)C)cc1C(C)(C)C.Cc1cc(C(C)(C)C)cc(-c2c3ccc([Si](C)(C)C(C)C)cc3cc[n+]2C)c1C.Cc1ccc(C(C)(C)C)cc1-c1c2ccc([Si](C)(C)C(C)C)cc2cc[n+]1C. The largest absolute Gasteiger partial charge is 0.220 e. The molecular formula is C83H118N3Si3+3. The number of nitrogens with zero attached hydrogens (tertiary/aromatic N) is 3. The van der Waals surface area contributed by atoms with E-state index < -0.39 is 24.2 Å². The van der Waals surface area contributed by atoms with Gasteiger partial charge >= 0.3 is 0 Å². The number of pyridine rings is 3. The van der Waals surface area contributed by atoms with Crippen LogP contribution in [0.5, 0.6) is 0 Å². The van der Waals surface area contributed by atoms with Crippen LogP contribution < -0.4 is 29.3 Å². The Labute approximate surface area is 545 Å². The van der Waals surface area contributed by atoms with Gasteiger partial charge in [-0.1, -0.05) is 240 Å². The molecule has 3 heterocycles. The number of rotatable bonds is 9. The number of benzene rings is 6. The van der Waals surface area contributed by atoms with E-state index in [1.165, 1.54) is 111 Å². The van der Waals surface area contributed by atoms with Crippen molar-refractivity contribution in [3.05, 3.63) is 178 Å². The van der Waals surface area contributed by atoms with Gasteiger partial charge in [0.05, 0.1) is 51.5 Å². The summed E-state index contributed by atoms with van der Waals surface area (Å²) in [6.07, 6.45) is 6.68. The third kappa shape index (κ3) is 14.8. The van der Waals surface area contributed by atoms with Gasteiger partial charge in [0.15, 0.2) is 18.6 Å². The number of aryl methyl sites for hydroxylation is 5. The van der Waals surface area contributed by atoms with Crippen molar-refractivity contribution >= 4 is 72.1 Å². The smallest absolute Gasteiger partial charge is 0.200 e. The topological polar surface area (TPSA) is 11.6 Å². The molecule has 0 amide bonds. The van der Waals surface area contributed by atoms with Gasteiger partial charge in [0.1, 0.15) is 21.1 Å². The quantitative estimate of drug-likeness (QED) is 0.101. The summed E-state index contributed by atoms with van der Waals surface area (Å²) < 4.78 is 6.89. The van der Waals surface area contributed by atoms with Crippen molar-refractivity contribution in [2.45, 2.75) is 230 Å². The molecule has 6 aromatic carbocycles. The number of aromatic nitrogens is 3. The Morgan fingerprint density at radius 1 is 0.315 bits per heavy atom. The zero-order valence-corrected chi connectivity index (χ0v) is 64.8. The van der Waals surface area contributed by atoms with Crippen molar-refractivity contribution < 1.29 is 13.7 Å². The number of hydrogen-bond acceptors (Lipinski definition) is 0. The molecule has 0 saturated carbocycles. The van der Waals surface area contributed by atoms with Gasteiger partial charge in [-0.15, -0.1) is 0 Å². The third-order valence-electron chi connectivity index (χ3n) is 21.5. The van der Waals surface area contributed by atoms with Crippen molar-refractivity contribution in [3.63, 3.8) is 0 Å². The highest BCUT2D eigenvalue weighted by atomic mass is 28.3. The normalized spacial score (nSPS) is 13.0. The zero-order valence-electron chi connectivity index (χ0n) is 61.8. The fraction of sp³-hybridized carbons (Fsp3) is 0.458. The van der Waals surface area contributed by atoms with Crippen LogP contribution in [0.25, 0.3) is 66.1 Å². The minimum atomic E-state index is -1.47. The molecule has 0 aliphatic rings. The van der Waals surface area contributed by atoms with Gasteiger partial charge in [-0.3, -0.25) is 0 Å². The molecule has 0 aliphatic carbocycles. The molecular weight excluding hydrogens is 1120 g/mol. The maximum atomic E-state index is 2.50. The summed E-state index contributed by atoms with van der Waals surface area (Å²) >= 11 is 0. The van der Waals surface area contributed by atoms with Crippen LogP contribution >= 0.6 is 0 Å². The molecule has 0 aliphatic heterocycles. The average molecular weight is 1240 g/mol. The lowest BCUT2D eigenvalue weighted by molar-refractivity contribution is -0.659. The highest BCUT2D eigenvalue weighted by molar-refractivity contribution is 6.92. The second kappa shape index (κ2) is 25.7. The van der Waals surface area contributed by atoms with E-state index in [0.29, 0.717) is 0 Å². The summed E-state index contributed by atoms with van der Waals surface area (Å²) in [5.74, 6) is 0. The van der Waals surface area contributed by atoms with Gasteiger partial charge < -0.3 is 0 Å². The Hall–Kier alpha value is -5.80. The third-order valence-corrected chi connectivity index (χ3v) is 35.5. The van der Waals surface area contributed by atoms with E-state index in [1.807, 2.05) is 0 Å². The average Bonchev–Trinajstić information content (AvgIpc) is 0.830. The Balaban J connectivity index is 0.000000191. The molecule has 3 aromatic heterocycles. The standard InChI is InChI=1S/C30H44NSi.C27H38NSi.C26H36NSi/c1-20(2)32(11,12)24-13-14-25-22(17-24)15-16-31(10)28(25)26-18-23(29(4,5)6)19-27(21(26)3)30(7,8)9;1-18(2)29(9,10)23-11-12-24-21(16-23)13-14-28(8)26(24)25-17-22(27(5,6)7)15-19(3)20(25)4;1-18(2)28(8,9)22-12-13-23-20(16-22)14-15-27(7)25(23)24-17-21(26(4,5)6)11-10-19(24)3/h13-20H,1-12H3;11-18H,1-10H3;10-18H,1-9H3/q3*+1. The first-order valence-corrected chi connectivity index (χ1v) is 42.7. The molecule has 9 rings (SSSR count). The van der Waals surface area contributed by atoms with Crippen molar-refractivity contribution in [2.75, 3.05) is 0 Å². The Morgan fingerprint density at radius 3 is 0.955 bits per heavy atom. The maximum Gasteiger partial charge on any atom is 0.220 e. The molecule has 0 N–H and O–H groups in total. The van der Waals surface area contributed by atoms with E-state index in [0.717, 1.165) is 16.6 Å². The van der Waals surface area contributed by atoms with E-state index in [4.69, 9.17) is 0 Å². The number of hydrogen-bond donors (Lipinski definition) is 0. The van der Waals surface area contributed by atoms with Gasteiger partial charge in [0.2, 0.25) is 17.1 Å². The van der Waals surface area contributed by atoms with Gasteiger partial charge in [-0.2, -0.15) is 0 Å². The minimum absolute atomic E-state index is 0.101. The van der Waals surface area contributed by atoms with Gasteiger partial charge in [0.25, 0.3) is 0 Å². The first-order chi connectivity index (χ1) is 40.8. The lowest BCUT2D eigenvalue weighted by Crippen LogP contribution is -2.44. The lowest BCUT2D eigenvalue weighted by Gasteiger charge is -2.29. The molecule has 9 aromatic rings. The summed E-state index contributed by atoms with van der Waals surface area (Å²) in [7, 11) is 2.18. The van der Waals surface area contributed by atoms with Crippen molar-refractivity contribution in [3.8, 4) is 33.8 Å². The summed E-state index contributed by atoms with van der Waals surface area (Å²) in [6, 6.07) is 45.2. The molecule has 0 bridgehead atoms. The van der Waals surface area contributed by atoms with E-state index >= 15 is 0 Å². The number of fused-ring (bicyclic) bond motifs is 3. The summed E-state index contributed by atoms with van der Waals surface area (Å²) in [4.78, 5) is 0. The highest BCUT2D eigenvalue weighted by Gasteiger charge is 2.33. The van der Waals surface area contributed by atoms with Crippen LogP contribution in [0.4, 0.5) is 0 Å². The van der Waals surface area contributed by atoms with Crippen molar-refractivity contribution in [2.24, 2.45) is 21.1 Å². The second-order valence-corrected chi connectivity index (χ2v) is 49.1. The maximum absolute atomic E-state index is 2.50. The second-order valence-electron chi connectivity index (χ2n) is 33.6. The molecule has 0 atom stereocenters. The Bertz CT molecular complexity index is 4080. The summed E-state index contributed by atoms with van der Waals surface area (Å²) in [5.41, 5.74) is 21.8. The van der Waals surface area contributed by atoms with E-state index in [-0.39, 0.29) is 21.7 Å². The first kappa shape index (κ1) is 70.7. The summed E-state index contributed by atoms with van der Waals surface area (Å²) in [5, 5.41) is 12.8. The van der Waals surface area contributed by atoms with Gasteiger partial charge in [-0.05, 0) is 163 Å². The monoisotopic (exact) mass is 1240 g/mol. The predicted molar refractivity (Wildman–Crippen MR) is 402 cm³/mol. The fourth-order valence-electron chi connectivity index (χ4n) is 12.4. The molecule has 89 heavy (non-hydrogen) atoms. The molecule has 3 nitrogen and oxygen atoms in total. The molecule has 0 saturated heterocycles. The predicted octanol–water partition coefficient (Wildman–Crippen LogP) is 20.4. The van der Waals surface area contributed by atoms with Gasteiger partial charge in [0, 0.05) is 23.8 Å². The minimum Gasteiger partial charge on any atom is -0.200 e. The molecule has 0 spiro atoms. The first-order valence-electron chi connectivity index (χ1n) is 33.5. The molecule has 474 valence electrons.